The minimum Gasteiger partial charge on any atom is -0.492 e. The van der Waals surface area contributed by atoms with Crippen molar-refractivity contribution in [3.8, 4) is 5.75 Å². The van der Waals surface area contributed by atoms with Crippen LogP contribution >= 0.6 is 27.3 Å². The van der Waals surface area contributed by atoms with E-state index in [1.54, 1.807) is 13.0 Å². The number of esters is 1. The van der Waals surface area contributed by atoms with Gasteiger partial charge in [-0.3, -0.25) is 4.79 Å². The number of aryl methyl sites for hydroxylation is 1. The monoisotopic (exact) mass is 495 g/mol. The molecule has 2 rings (SSSR count). The summed E-state index contributed by atoms with van der Waals surface area (Å²) in [6, 6.07) is 7.88. The van der Waals surface area contributed by atoms with Crippen LogP contribution in [-0.2, 0) is 21.4 Å². The van der Waals surface area contributed by atoms with Crippen molar-refractivity contribution >= 4 is 44.1 Å². The number of halogens is 1. The molecule has 0 atom stereocenters. The van der Waals surface area contributed by atoms with E-state index in [0.717, 1.165) is 21.5 Å². The van der Waals surface area contributed by atoms with Crippen LogP contribution < -0.4 is 10.1 Å². The summed E-state index contributed by atoms with van der Waals surface area (Å²) >= 11 is 4.97. The predicted molar refractivity (Wildman–Crippen MR) is 126 cm³/mol. The number of carbonyl (C=O) groups is 2. The Hall–Kier alpha value is -1.86. The first-order chi connectivity index (χ1) is 14.2. The highest BCUT2D eigenvalue weighted by Crippen LogP contribution is 2.32. The molecule has 1 heterocycles. The third-order valence-corrected chi connectivity index (χ3v) is 6.30. The summed E-state index contributed by atoms with van der Waals surface area (Å²) in [7, 11) is 0. The number of rotatable bonds is 9. The van der Waals surface area contributed by atoms with Crippen LogP contribution in [-0.4, -0.2) is 25.1 Å². The molecule has 0 bridgehead atoms. The van der Waals surface area contributed by atoms with Crippen LogP contribution in [0.3, 0.4) is 0 Å². The summed E-state index contributed by atoms with van der Waals surface area (Å²) in [5.74, 6) is 0.213. The third kappa shape index (κ3) is 6.84. The standard InChI is InChI=1S/C23H30BrNO4S/c1-6-16-14-17(22(27)28-7-2)21(30-16)25-20(26)9-8-12-29-19-11-10-15(13-18(19)24)23(3,4)5/h10-11,13-14H,6-9,12H2,1-5H3,(H,25,26). The largest absolute Gasteiger partial charge is 0.492 e. The van der Waals surface area contributed by atoms with E-state index in [1.165, 1.54) is 16.9 Å². The average Bonchev–Trinajstić information content (AvgIpc) is 3.08. The van der Waals surface area contributed by atoms with E-state index in [-0.39, 0.29) is 11.3 Å². The zero-order chi connectivity index (χ0) is 22.3. The van der Waals surface area contributed by atoms with Gasteiger partial charge in [-0.2, -0.15) is 0 Å². The second kappa shape index (κ2) is 11.0. The fourth-order valence-corrected chi connectivity index (χ4v) is 4.25. The maximum atomic E-state index is 12.4. The second-order valence-electron chi connectivity index (χ2n) is 7.92. The lowest BCUT2D eigenvalue weighted by molar-refractivity contribution is -0.116. The first-order valence-electron chi connectivity index (χ1n) is 10.2. The summed E-state index contributed by atoms with van der Waals surface area (Å²) in [6.07, 6.45) is 1.67. The molecule has 0 unspecified atom stereocenters. The molecule has 7 heteroatoms. The highest BCUT2D eigenvalue weighted by molar-refractivity contribution is 9.10. The fourth-order valence-electron chi connectivity index (χ4n) is 2.76. The van der Waals surface area contributed by atoms with E-state index in [1.807, 2.05) is 13.0 Å². The Balaban J connectivity index is 1.87. The van der Waals surface area contributed by atoms with Crippen molar-refractivity contribution in [1.29, 1.82) is 0 Å². The lowest BCUT2D eigenvalue weighted by Gasteiger charge is -2.20. The Labute approximate surface area is 191 Å². The summed E-state index contributed by atoms with van der Waals surface area (Å²) in [6.45, 7) is 11.0. The molecule has 2 aromatic rings. The molecule has 0 aliphatic heterocycles. The third-order valence-electron chi connectivity index (χ3n) is 4.48. The number of thiophene rings is 1. The van der Waals surface area contributed by atoms with E-state index < -0.39 is 5.97 Å². The Morgan fingerprint density at radius 1 is 1.17 bits per heavy atom. The molecule has 1 aromatic heterocycles. The van der Waals surface area contributed by atoms with E-state index in [9.17, 15) is 9.59 Å². The van der Waals surface area contributed by atoms with Gasteiger partial charge in [0.1, 0.15) is 10.8 Å². The number of hydrogen-bond acceptors (Lipinski definition) is 5. The van der Waals surface area contributed by atoms with Crippen molar-refractivity contribution in [1.82, 2.24) is 0 Å². The van der Waals surface area contributed by atoms with Crippen molar-refractivity contribution in [2.75, 3.05) is 18.5 Å². The fraction of sp³-hybridized carbons (Fsp3) is 0.478. The summed E-state index contributed by atoms with van der Waals surface area (Å²) in [5, 5.41) is 3.41. The van der Waals surface area contributed by atoms with Gasteiger partial charge in [-0.15, -0.1) is 11.3 Å². The maximum Gasteiger partial charge on any atom is 0.341 e. The number of ether oxygens (including phenoxy) is 2. The highest BCUT2D eigenvalue weighted by Gasteiger charge is 2.19. The smallest absolute Gasteiger partial charge is 0.341 e. The first kappa shape index (κ1) is 24.4. The van der Waals surface area contributed by atoms with Crippen LogP contribution in [0.15, 0.2) is 28.7 Å². The van der Waals surface area contributed by atoms with Gasteiger partial charge in [0.25, 0.3) is 0 Å². The normalized spacial score (nSPS) is 11.3. The topological polar surface area (TPSA) is 64.6 Å². The number of anilines is 1. The minimum atomic E-state index is -0.407. The molecule has 5 nitrogen and oxygen atoms in total. The SMILES string of the molecule is CCOC(=O)c1cc(CC)sc1NC(=O)CCCOc1ccc(C(C)(C)C)cc1Br. The Kier molecular flexibility index (Phi) is 8.92. The number of benzene rings is 1. The first-order valence-corrected chi connectivity index (χ1v) is 11.8. The molecule has 0 radical (unpaired) electrons. The molecule has 1 amide bonds. The van der Waals surface area contributed by atoms with Gasteiger partial charge in [0, 0.05) is 11.3 Å². The van der Waals surface area contributed by atoms with E-state index in [4.69, 9.17) is 9.47 Å². The van der Waals surface area contributed by atoms with E-state index in [2.05, 4.69) is 54.2 Å². The van der Waals surface area contributed by atoms with Gasteiger partial charge in [-0.1, -0.05) is 33.8 Å². The minimum absolute atomic E-state index is 0.0704. The second-order valence-corrected chi connectivity index (χ2v) is 9.92. The molecule has 0 saturated heterocycles. The Morgan fingerprint density at radius 3 is 2.50 bits per heavy atom. The summed E-state index contributed by atoms with van der Waals surface area (Å²) < 4.78 is 11.8. The molecule has 0 aliphatic carbocycles. The van der Waals surface area contributed by atoms with E-state index >= 15 is 0 Å². The van der Waals surface area contributed by atoms with Crippen LogP contribution in [0.1, 0.15) is 68.3 Å². The van der Waals surface area contributed by atoms with Crippen molar-refractivity contribution < 1.29 is 19.1 Å². The number of carbonyl (C=O) groups excluding carboxylic acids is 2. The van der Waals surface area contributed by atoms with Gasteiger partial charge in [0.15, 0.2) is 0 Å². The van der Waals surface area contributed by atoms with Gasteiger partial charge in [-0.25, -0.2) is 4.79 Å². The predicted octanol–water partition coefficient (Wildman–Crippen LogP) is 6.34. The molecule has 0 aliphatic rings. The molecular formula is C23H30BrNO4S. The number of hydrogen-bond donors (Lipinski definition) is 1. The average molecular weight is 496 g/mol. The summed E-state index contributed by atoms with van der Waals surface area (Å²) in [5.41, 5.74) is 1.72. The van der Waals surface area contributed by atoms with Crippen molar-refractivity contribution in [2.45, 2.75) is 59.3 Å². The van der Waals surface area contributed by atoms with Gasteiger partial charge in [-0.05, 0) is 64.9 Å². The molecule has 0 saturated carbocycles. The highest BCUT2D eigenvalue weighted by atomic mass is 79.9. The lowest BCUT2D eigenvalue weighted by atomic mass is 9.87. The maximum absolute atomic E-state index is 12.4. The lowest BCUT2D eigenvalue weighted by Crippen LogP contribution is -2.15. The molecule has 1 N–H and O–H groups in total. The van der Waals surface area contributed by atoms with Crippen LogP contribution in [0.25, 0.3) is 0 Å². The van der Waals surface area contributed by atoms with Gasteiger partial charge < -0.3 is 14.8 Å². The molecular weight excluding hydrogens is 466 g/mol. The molecule has 1 aromatic carbocycles. The summed E-state index contributed by atoms with van der Waals surface area (Å²) in [4.78, 5) is 25.5. The van der Waals surface area contributed by atoms with E-state index in [0.29, 0.717) is 36.6 Å². The zero-order valence-electron chi connectivity index (χ0n) is 18.3. The van der Waals surface area contributed by atoms with Crippen molar-refractivity contribution in [2.24, 2.45) is 0 Å². The van der Waals surface area contributed by atoms with Gasteiger partial charge >= 0.3 is 5.97 Å². The quantitative estimate of drug-likeness (QED) is 0.325. The van der Waals surface area contributed by atoms with Gasteiger partial charge in [0.05, 0.1) is 23.2 Å². The van der Waals surface area contributed by atoms with Crippen LogP contribution in [0.2, 0.25) is 0 Å². The number of amides is 1. The molecule has 30 heavy (non-hydrogen) atoms. The van der Waals surface area contributed by atoms with Gasteiger partial charge in [0.2, 0.25) is 5.91 Å². The van der Waals surface area contributed by atoms with Crippen molar-refractivity contribution in [3.05, 3.63) is 44.7 Å². The van der Waals surface area contributed by atoms with Crippen LogP contribution in [0, 0.1) is 0 Å². The Bertz CT molecular complexity index is 886. The Morgan fingerprint density at radius 2 is 1.90 bits per heavy atom. The zero-order valence-corrected chi connectivity index (χ0v) is 20.7. The number of nitrogens with one attached hydrogen (secondary N) is 1. The molecule has 0 spiro atoms. The van der Waals surface area contributed by atoms with Crippen LogP contribution in [0.5, 0.6) is 5.75 Å². The van der Waals surface area contributed by atoms with Crippen LogP contribution in [0.4, 0.5) is 5.00 Å². The van der Waals surface area contributed by atoms with Crippen molar-refractivity contribution in [3.63, 3.8) is 0 Å². The molecule has 0 fully saturated rings. The molecule has 164 valence electrons.